The maximum absolute atomic E-state index is 13.0. The Labute approximate surface area is 111 Å². The second-order valence-electron chi connectivity index (χ2n) is 4.17. The molecule has 0 bridgehead atoms. The van der Waals surface area contributed by atoms with E-state index in [0.717, 1.165) is 6.07 Å². The maximum atomic E-state index is 13.0. The van der Waals surface area contributed by atoms with Crippen LogP contribution in [0.2, 0.25) is 0 Å². The van der Waals surface area contributed by atoms with Crippen LogP contribution in [0.15, 0.2) is 59.5 Å². The smallest absolute Gasteiger partial charge is 0.181 e. The average Bonchev–Trinajstić information content (AvgIpc) is 2.39. The van der Waals surface area contributed by atoms with Gasteiger partial charge in [0.25, 0.3) is 0 Å². The van der Waals surface area contributed by atoms with Crippen molar-refractivity contribution in [1.82, 2.24) is 0 Å². The van der Waals surface area contributed by atoms with Crippen molar-refractivity contribution in [3.8, 4) is 0 Å². The van der Waals surface area contributed by atoms with Crippen LogP contribution in [0.3, 0.4) is 0 Å². The first-order valence-electron chi connectivity index (χ1n) is 5.70. The van der Waals surface area contributed by atoms with Crippen LogP contribution in [0.4, 0.5) is 4.39 Å². The van der Waals surface area contributed by atoms with E-state index >= 15 is 0 Å². The second kappa shape index (κ2) is 5.50. The Balaban J connectivity index is 2.23. The van der Waals surface area contributed by atoms with Gasteiger partial charge in [-0.25, -0.2) is 12.8 Å². The summed E-state index contributed by atoms with van der Waals surface area (Å²) in [4.78, 5) is -0.123. The third-order valence-corrected chi connectivity index (χ3v) is 4.44. The van der Waals surface area contributed by atoms with Crippen LogP contribution in [0, 0.1) is 5.82 Å². The Morgan fingerprint density at radius 3 is 2.37 bits per heavy atom. The third kappa shape index (κ3) is 3.39. The number of aliphatic hydroxyl groups excluding tert-OH is 1. The molecule has 0 aliphatic rings. The molecular formula is C14H13FO3S. The van der Waals surface area contributed by atoms with Crippen molar-refractivity contribution < 1.29 is 17.9 Å². The summed E-state index contributed by atoms with van der Waals surface area (Å²) in [7, 11) is -3.72. The Morgan fingerprint density at radius 2 is 1.74 bits per heavy atom. The van der Waals surface area contributed by atoms with E-state index in [9.17, 15) is 17.9 Å². The summed E-state index contributed by atoms with van der Waals surface area (Å²) >= 11 is 0. The highest BCUT2D eigenvalue weighted by atomic mass is 32.2. The summed E-state index contributed by atoms with van der Waals surface area (Å²) in [5.74, 6) is -1.09. The molecule has 0 aliphatic heterocycles. The largest absolute Gasteiger partial charge is 0.387 e. The minimum atomic E-state index is -3.72. The van der Waals surface area contributed by atoms with Gasteiger partial charge in [0.15, 0.2) is 9.84 Å². The fourth-order valence-electron chi connectivity index (χ4n) is 1.74. The number of sulfone groups is 1. The van der Waals surface area contributed by atoms with Gasteiger partial charge in [-0.2, -0.15) is 0 Å². The monoisotopic (exact) mass is 280 g/mol. The van der Waals surface area contributed by atoms with E-state index in [1.165, 1.54) is 18.2 Å². The highest BCUT2D eigenvalue weighted by molar-refractivity contribution is 7.91. The molecule has 1 atom stereocenters. The Morgan fingerprint density at radius 1 is 1.05 bits per heavy atom. The minimum Gasteiger partial charge on any atom is -0.387 e. The van der Waals surface area contributed by atoms with Gasteiger partial charge in [0.1, 0.15) is 5.82 Å². The van der Waals surface area contributed by atoms with Gasteiger partial charge in [0.2, 0.25) is 0 Å². The van der Waals surface area contributed by atoms with Gasteiger partial charge >= 0.3 is 0 Å². The number of aliphatic hydroxyl groups is 1. The summed E-state index contributed by atoms with van der Waals surface area (Å²) in [5.41, 5.74) is 0.516. The van der Waals surface area contributed by atoms with E-state index in [2.05, 4.69) is 0 Å². The molecule has 0 aliphatic carbocycles. The molecule has 0 aromatic heterocycles. The molecule has 0 saturated carbocycles. The minimum absolute atomic E-state index is 0.123. The van der Waals surface area contributed by atoms with Gasteiger partial charge in [-0.15, -0.1) is 0 Å². The van der Waals surface area contributed by atoms with Crippen molar-refractivity contribution >= 4 is 9.84 Å². The topological polar surface area (TPSA) is 54.4 Å². The van der Waals surface area contributed by atoms with Gasteiger partial charge in [0, 0.05) is 0 Å². The molecule has 2 aromatic carbocycles. The molecule has 100 valence electrons. The lowest BCUT2D eigenvalue weighted by Crippen LogP contribution is -2.14. The van der Waals surface area contributed by atoms with E-state index in [0.29, 0.717) is 5.56 Å². The van der Waals surface area contributed by atoms with Gasteiger partial charge in [-0.3, -0.25) is 0 Å². The first kappa shape index (κ1) is 13.7. The predicted molar refractivity (Wildman–Crippen MR) is 69.9 cm³/mol. The van der Waals surface area contributed by atoms with Crippen LogP contribution in [0.1, 0.15) is 11.7 Å². The zero-order chi connectivity index (χ0) is 13.9. The van der Waals surface area contributed by atoms with Crippen molar-refractivity contribution in [2.45, 2.75) is 11.0 Å². The standard InChI is InChI=1S/C14H13FO3S/c15-12-7-4-8-13(9-12)19(17,18)10-14(16)11-5-2-1-3-6-11/h1-9,14,16H,10H2. The Hall–Kier alpha value is -1.72. The number of hydrogen-bond acceptors (Lipinski definition) is 3. The molecular weight excluding hydrogens is 267 g/mol. The van der Waals surface area contributed by atoms with Crippen LogP contribution >= 0.6 is 0 Å². The zero-order valence-corrected chi connectivity index (χ0v) is 10.8. The van der Waals surface area contributed by atoms with E-state index in [-0.39, 0.29) is 4.90 Å². The Bertz CT molecular complexity index is 653. The van der Waals surface area contributed by atoms with Crippen LogP contribution in [-0.4, -0.2) is 19.3 Å². The summed E-state index contributed by atoms with van der Waals surface area (Å²) in [6, 6.07) is 13.3. The van der Waals surface area contributed by atoms with Crippen LogP contribution in [0.5, 0.6) is 0 Å². The molecule has 3 nitrogen and oxygen atoms in total. The SMILES string of the molecule is O=S(=O)(CC(O)c1ccccc1)c1cccc(F)c1. The molecule has 0 heterocycles. The molecule has 5 heteroatoms. The molecule has 0 spiro atoms. The fraction of sp³-hybridized carbons (Fsp3) is 0.143. The predicted octanol–water partition coefficient (Wildman–Crippen LogP) is 2.33. The molecule has 2 aromatic rings. The Kier molecular flexibility index (Phi) is 3.97. The quantitative estimate of drug-likeness (QED) is 0.935. The maximum Gasteiger partial charge on any atom is 0.181 e. The number of halogens is 1. The van der Waals surface area contributed by atoms with Crippen molar-refractivity contribution in [2.24, 2.45) is 0 Å². The third-order valence-electron chi connectivity index (χ3n) is 2.72. The number of benzene rings is 2. The molecule has 2 rings (SSSR count). The molecule has 1 unspecified atom stereocenters. The molecule has 0 amide bonds. The van der Waals surface area contributed by atoms with E-state index in [1.54, 1.807) is 30.3 Å². The van der Waals surface area contributed by atoms with E-state index in [1.807, 2.05) is 0 Å². The molecule has 0 saturated heterocycles. The summed E-state index contributed by atoms with van der Waals surface area (Å²) in [5, 5.41) is 9.91. The number of hydrogen-bond donors (Lipinski definition) is 1. The van der Waals surface area contributed by atoms with Crippen molar-refractivity contribution in [2.75, 3.05) is 5.75 Å². The fourth-order valence-corrected chi connectivity index (χ4v) is 3.11. The lowest BCUT2D eigenvalue weighted by atomic mass is 10.1. The average molecular weight is 280 g/mol. The molecule has 19 heavy (non-hydrogen) atoms. The summed E-state index contributed by atoms with van der Waals surface area (Å²) in [6.45, 7) is 0. The normalized spacial score (nSPS) is 13.2. The van der Waals surface area contributed by atoms with Crippen LogP contribution < -0.4 is 0 Å². The van der Waals surface area contributed by atoms with Crippen LogP contribution in [0.25, 0.3) is 0 Å². The highest BCUT2D eigenvalue weighted by Crippen LogP contribution is 2.20. The van der Waals surface area contributed by atoms with Gasteiger partial charge in [-0.1, -0.05) is 36.4 Å². The molecule has 0 fully saturated rings. The van der Waals surface area contributed by atoms with E-state index in [4.69, 9.17) is 0 Å². The molecule has 0 radical (unpaired) electrons. The van der Waals surface area contributed by atoms with Gasteiger partial charge < -0.3 is 5.11 Å². The first-order valence-corrected chi connectivity index (χ1v) is 7.35. The van der Waals surface area contributed by atoms with E-state index < -0.39 is 27.5 Å². The molecule has 1 N–H and O–H groups in total. The van der Waals surface area contributed by atoms with Crippen molar-refractivity contribution in [1.29, 1.82) is 0 Å². The van der Waals surface area contributed by atoms with Gasteiger partial charge in [0.05, 0.1) is 16.8 Å². The van der Waals surface area contributed by atoms with Crippen molar-refractivity contribution in [3.63, 3.8) is 0 Å². The first-order chi connectivity index (χ1) is 8.99. The van der Waals surface area contributed by atoms with Gasteiger partial charge in [-0.05, 0) is 23.8 Å². The summed E-state index contributed by atoms with van der Waals surface area (Å²) in [6.07, 6.45) is -1.13. The zero-order valence-electron chi connectivity index (χ0n) is 10.0. The second-order valence-corrected chi connectivity index (χ2v) is 6.20. The van der Waals surface area contributed by atoms with Crippen LogP contribution in [-0.2, 0) is 9.84 Å². The van der Waals surface area contributed by atoms with Crippen molar-refractivity contribution in [3.05, 3.63) is 66.0 Å². The lowest BCUT2D eigenvalue weighted by molar-refractivity contribution is 0.201. The number of rotatable bonds is 4. The summed E-state index contributed by atoms with van der Waals surface area (Å²) < 4.78 is 37.1. The highest BCUT2D eigenvalue weighted by Gasteiger charge is 2.21. The lowest BCUT2D eigenvalue weighted by Gasteiger charge is -2.11.